The SMILES string of the molecule is CC(=O)c1cccc(NC(=O)c2cc(CN3CCCC3)on2)c1. The standard InChI is InChI=1S/C17H19N3O3/c1-12(21)13-5-4-6-14(9-13)18-17(22)16-10-15(23-19-16)11-20-7-2-3-8-20/h4-6,9-10H,2-3,7-8,11H2,1H3,(H,18,22). The van der Waals surface area contributed by atoms with Crippen LogP contribution >= 0.6 is 0 Å². The van der Waals surface area contributed by atoms with Crippen molar-refractivity contribution in [1.82, 2.24) is 10.1 Å². The number of anilines is 1. The molecule has 0 aliphatic carbocycles. The summed E-state index contributed by atoms with van der Waals surface area (Å²) < 4.78 is 5.24. The zero-order valence-corrected chi connectivity index (χ0v) is 13.0. The topological polar surface area (TPSA) is 75.4 Å². The molecule has 0 spiro atoms. The molecule has 0 bridgehead atoms. The highest BCUT2D eigenvalue weighted by Gasteiger charge is 2.17. The van der Waals surface area contributed by atoms with Gasteiger partial charge in [0.05, 0.1) is 6.54 Å². The number of benzene rings is 1. The first-order valence-corrected chi connectivity index (χ1v) is 7.72. The Morgan fingerprint density at radius 1 is 1.26 bits per heavy atom. The van der Waals surface area contributed by atoms with E-state index in [0.29, 0.717) is 23.6 Å². The van der Waals surface area contributed by atoms with Crippen molar-refractivity contribution in [2.45, 2.75) is 26.3 Å². The van der Waals surface area contributed by atoms with Crippen LogP contribution in [0.25, 0.3) is 0 Å². The molecule has 1 aliphatic rings. The Bertz CT molecular complexity index is 717. The molecule has 120 valence electrons. The summed E-state index contributed by atoms with van der Waals surface area (Å²) >= 11 is 0. The number of ketones is 1. The van der Waals surface area contributed by atoms with E-state index >= 15 is 0 Å². The smallest absolute Gasteiger partial charge is 0.277 e. The highest BCUT2D eigenvalue weighted by Crippen LogP contribution is 2.15. The zero-order chi connectivity index (χ0) is 16.2. The van der Waals surface area contributed by atoms with Crippen LogP contribution in [0, 0.1) is 0 Å². The fraction of sp³-hybridized carbons (Fsp3) is 0.353. The minimum absolute atomic E-state index is 0.0459. The molecule has 0 saturated carbocycles. The average Bonchev–Trinajstić information content (AvgIpc) is 3.20. The van der Waals surface area contributed by atoms with E-state index in [-0.39, 0.29) is 17.4 Å². The molecule has 1 aromatic heterocycles. The van der Waals surface area contributed by atoms with E-state index < -0.39 is 0 Å². The maximum Gasteiger partial charge on any atom is 0.277 e. The molecule has 6 nitrogen and oxygen atoms in total. The quantitative estimate of drug-likeness (QED) is 0.859. The van der Waals surface area contributed by atoms with Gasteiger partial charge in [-0.05, 0) is 45.0 Å². The highest BCUT2D eigenvalue weighted by molar-refractivity contribution is 6.03. The number of Topliss-reactive ketones (excluding diaryl/α,β-unsaturated/α-hetero) is 1. The Labute approximate surface area is 134 Å². The Hall–Kier alpha value is -2.47. The number of rotatable bonds is 5. The number of aromatic nitrogens is 1. The summed E-state index contributed by atoms with van der Waals surface area (Å²) in [4.78, 5) is 25.9. The second kappa shape index (κ2) is 6.75. The summed E-state index contributed by atoms with van der Waals surface area (Å²) in [6.07, 6.45) is 2.40. The fourth-order valence-corrected chi connectivity index (χ4v) is 2.67. The zero-order valence-electron chi connectivity index (χ0n) is 13.0. The van der Waals surface area contributed by atoms with E-state index in [1.807, 2.05) is 0 Å². The number of nitrogens with zero attached hydrogens (tertiary/aromatic N) is 2. The van der Waals surface area contributed by atoms with Gasteiger partial charge in [0.15, 0.2) is 17.2 Å². The Morgan fingerprint density at radius 2 is 2.04 bits per heavy atom. The number of likely N-dealkylation sites (tertiary alicyclic amines) is 1. The molecular weight excluding hydrogens is 294 g/mol. The van der Waals surface area contributed by atoms with Crippen LogP contribution in [0.15, 0.2) is 34.9 Å². The van der Waals surface area contributed by atoms with Gasteiger partial charge in [0.25, 0.3) is 5.91 Å². The second-order valence-corrected chi connectivity index (χ2v) is 5.75. The van der Waals surface area contributed by atoms with Crippen molar-refractivity contribution in [1.29, 1.82) is 0 Å². The van der Waals surface area contributed by atoms with Gasteiger partial charge in [-0.1, -0.05) is 17.3 Å². The summed E-state index contributed by atoms with van der Waals surface area (Å²) in [5.41, 5.74) is 1.36. The third-order valence-electron chi connectivity index (χ3n) is 3.90. The van der Waals surface area contributed by atoms with E-state index in [1.54, 1.807) is 30.3 Å². The van der Waals surface area contributed by atoms with E-state index in [2.05, 4.69) is 15.4 Å². The number of amides is 1. The third-order valence-corrected chi connectivity index (χ3v) is 3.90. The molecule has 0 unspecified atom stereocenters. The predicted octanol–water partition coefficient (Wildman–Crippen LogP) is 2.73. The van der Waals surface area contributed by atoms with Crippen molar-refractivity contribution in [3.05, 3.63) is 47.3 Å². The normalized spacial score (nSPS) is 14.8. The molecule has 23 heavy (non-hydrogen) atoms. The van der Waals surface area contributed by atoms with E-state index in [4.69, 9.17) is 4.52 Å². The number of hydrogen-bond acceptors (Lipinski definition) is 5. The lowest BCUT2D eigenvalue weighted by atomic mass is 10.1. The monoisotopic (exact) mass is 313 g/mol. The van der Waals surface area contributed by atoms with Crippen LogP contribution in [-0.4, -0.2) is 34.8 Å². The van der Waals surface area contributed by atoms with E-state index in [0.717, 1.165) is 13.1 Å². The van der Waals surface area contributed by atoms with Crippen molar-refractivity contribution in [3.63, 3.8) is 0 Å². The number of carbonyl (C=O) groups excluding carboxylic acids is 2. The molecular formula is C17H19N3O3. The van der Waals surface area contributed by atoms with E-state index in [1.165, 1.54) is 19.8 Å². The van der Waals surface area contributed by atoms with Crippen LogP contribution in [-0.2, 0) is 6.54 Å². The van der Waals surface area contributed by atoms with Gasteiger partial charge in [-0.25, -0.2) is 0 Å². The van der Waals surface area contributed by atoms with Gasteiger partial charge in [0.1, 0.15) is 0 Å². The van der Waals surface area contributed by atoms with Crippen molar-refractivity contribution in [2.24, 2.45) is 0 Å². The lowest BCUT2D eigenvalue weighted by Crippen LogP contribution is -2.18. The Balaban J connectivity index is 1.65. The van der Waals surface area contributed by atoms with Crippen LogP contribution in [0.5, 0.6) is 0 Å². The van der Waals surface area contributed by atoms with Gasteiger partial charge in [-0.2, -0.15) is 0 Å². The maximum absolute atomic E-state index is 12.2. The summed E-state index contributed by atoms with van der Waals surface area (Å²) in [5, 5.41) is 6.56. The van der Waals surface area contributed by atoms with Gasteiger partial charge >= 0.3 is 0 Å². The minimum Gasteiger partial charge on any atom is -0.359 e. The molecule has 1 aromatic carbocycles. The largest absolute Gasteiger partial charge is 0.359 e. The summed E-state index contributed by atoms with van der Waals surface area (Å²) in [6.45, 7) is 4.28. The average molecular weight is 313 g/mol. The van der Waals surface area contributed by atoms with Crippen LogP contribution in [0.3, 0.4) is 0 Å². The Kier molecular flexibility index (Phi) is 4.52. The van der Waals surface area contributed by atoms with Gasteiger partial charge in [0.2, 0.25) is 0 Å². The first-order valence-electron chi connectivity index (χ1n) is 7.72. The second-order valence-electron chi connectivity index (χ2n) is 5.75. The predicted molar refractivity (Wildman–Crippen MR) is 85.4 cm³/mol. The Morgan fingerprint density at radius 3 is 2.78 bits per heavy atom. The highest BCUT2D eigenvalue weighted by atomic mass is 16.5. The number of hydrogen-bond donors (Lipinski definition) is 1. The summed E-state index contributed by atoms with van der Waals surface area (Å²) in [7, 11) is 0. The summed E-state index contributed by atoms with van der Waals surface area (Å²) in [6, 6.07) is 8.49. The van der Waals surface area contributed by atoms with Crippen LogP contribution in [0.1, 0.15) is 46.4 Å². The molecule has 1 amide bonds. The summed E-state index contributed by atoms with van der Waals surface area (Å²) in [5.74, 6) is 0.298. The lowest BCUT2D eigenvalue weighted by Gasteiger charge is -2.10. The van der Waals surface area contributed by atoms with Crippen LogP contribution < -0.4 is 5.32 Å². The molecule has 1 N–H and O–H groups in total. The van der Waals surface area contributed by atoms with Gasteiger partial charge in [-0.15, -0.1) is 0 Å². The molecule has 1 fully saturated rings. The lowest BCUT2D eigenvalue weighted by molar-refractivity contribution is 0.100. The van der Waals surface area contributed by atoms with E-state index in [9.17, 15) is 9.59 Å². The molecule has 1 aliphatic heterocycles. The molecule has 1 saturated heterocycles. The van der Waals surface area contributed by atoms with Gasteiger partial charge in [-0.3, -0.25) is 14.5 Å². The van der Waals surface area contributed by atoms with Crippen molar-refractivity contribution in [2.75, 3.05) is 18.4 Å². The van der Waals surface area contributed by atoms with Crippen LogP contribution in [0.4, 0.5) is 5.69 Å². The maximum atomic E-state index is 12.2. The third kappa shape index (κ3) is 3.84. The molecule has 2 aromatic rings. The fourth-order valence-electron chi connectivity index (χ4n) is 2.67. The first kappa shape index (κ1) is 15.4. The molecule has 0 radical (unpaired) electrons. The molecule has 2 heterocycles. The van der Waals surface area contributed by atoms with Crippen LogP contribution in [0.2, 0.25) is 0 Å². The molecule has 3 rings (SSSR count). The van der Waals surface area contributed by atoms with Crippen molar-refractivity contribution >= 4 is 17.4 Å². The van der Waals surface area contributed by atoms with Crippen molar-refractivity contribution < 1.29 is 14.1 Å². The minimum atomic E-state index is -0.345. The van der Waals surface area contributed by atoms with Gasteiger partial charge in [0, 0.05) is 17.3 Å². The first-order chi connectivity index (χ1) is 11.1. The molecule has 6 heteroatoms. The van der Waals surface area contributed by atoms with Gasteiger partial charge < -0.3 is 9.84 Å². The van der Waals surface area contributed by atoms with Crippen molar-refractivity contribution in [3.8, 4) is 0 Å². The number of carbonyl (C=O) groups is 2. The number of nitrogens with one attached hydrogen (secondary N) is 1. The molecule has 0 atom stereocenters.